The number of rotatable bonds is 8. The minimum Gasteiger partial charge on any atom is -0.396 e. The molecule has 0 bridgehead atoms. The molecule has 0 saturated carbocycles. The molecule has 1 aromatic carbocycles. The summed E-state index contributed by atoms with van der Waals surface area (Å²) in [6, 6.07) is 14.2. The van der Waals surface area contributed by atoms with Gasteiger partial charge in [-0.05, 0) is 37.1 Å². The molecule has 7 nitrogen and oxygen atoms in total. The molecule has 0 aliphatic carbocycles. The lowest BCUT2D eigenvalue weighted by Gasteiger charge is -2.32. The largest absolute Gasteiger partial charge is 0.396 e. The highest BCUT2D eigenvalue weighted by Gasteiger charge is 2.18. The molecule has 170 valence electrons. The van der Waals surface area contributed by atoms with E-state index >= 15 is 0 Å². The Bertz CT molecular complexity index is 806. The van der Waals surface area contributed by atoms with Crippen LogP contribution in [0.5, 0.6) is 0 Å². The number of benzene rings is 1. The van der Waals surface area contributed by atoms with Crippen LogP contribution in [0.15, 0.2) is 53.7 Å². The first kappa shape index (κ1) is 25.4. The lowest BCUT2D eigenvalue weighted by atomic mass is 10.0. The number of pyridine rings is 1. The van der Waals surface area contributed by atoms with E-state index in [0.717, 1.165) is 49.1 Å². The third-order valence-corrected chi connectivity index (χ3v) is 5.15. The Morgan fingerprint density at radius 3 is 2.81 bits per heavy atom. The van der Waals surface area contributed by atoms with Gasteiger partial charge in [-0.3, -0.25) is 0 Å². The van der Waals surface area contributed by atoms with E-state index in [0.29, 0.717) is 13.1 Å². The molecule has 2 aromatic rings. The van der Waals surface area contributed by atoms with Crippen molar-refractivity contribution >= 4 is 35.8 Å². The van der Waals surface area contributed by atoms with E-state index in [1.807, 2.05) is 49.5 Å². The van der Waals surface area contributed by atoms with Gasteiger partial charge in [0, 0.05) is 38.3 Å². The second kappa shape index (κ2) is 13.5. The molecule has 1 aliphatic rings. The van der Waals surface area contributed by atoms with Crippen LogP contribution >= 0.6 is 24.0 Å². The van der Waals surface area contributed by atoms with Gasteiger partial charge in [-0.25, -0.2) is 9.98 Å². The molecule has 8 heteroatoms. The normalized spacial score (nSPS) is 17.6. The van der Waals surface area contributed by atoms with Gasteiger partial charge in [-0.1, -0.05) is 30.3 Å². The summed E-state index contributed by atoms with van der Waals surface area (Å²) in [4.78, 5) is 11.5. The molecule has 2 heterocycles. The smallest absolute Gasteiger partial charge is 0.191 e. The molecule has 1 aromatic heterocycles. The number of anilines is 1. The van der Waals surface area contributed by atoms with Gasteiger partial charge < -0.3 is 25.4 Å². The maximum atomic E-state index is 9.78. The highest BCUT2D eigenvalue weighted by atomic mass is 127. The molecule has 0 radical (unpaired) electrons. The van der Waals surface area contributed by atoms with E-state index in [2.05, 4.69) is 33.5 Å². The van der Waals surface area contributed by atoms with Crippen molar-refractivity contribution in [2.45, 2.75) is 32.4 Å². The second-order valence-electron chi connectivity index (χ2n) is 7.52. The fourth-order valence-corrected chi connectivity index (χ4v) is 3.50. The number of aliphatic imine (C=N–C) groups is 1. The van der Waals surface area contributed by atoms with Gasteiger partial charge in [0.2, 0.25) is 0 Å². The maximum Gasteiger partial charge on any atom is 0.191 e. The van der Waals surface area contributed by atoms with Gasteiger partial charge in [-0.2, -0.15) is 0 Å². The average molecular weight is 539 g/mol. The third kappa shape index (κ3) is 7.93. The summed E-state index contributed by atoms with van der Waals surface area (Å²) in [6.07, 6.45) is 2.06. The molecule has 3 rings (SSSR count). The fourth-order valence-electron chi connectivity index (χ4n) is 3.50. The summed E-state index contributed by atoms with van der Waals surface area (Å²) >= 11 is 0. The van der Waals surface area contributed by atoms with Crippen LogP contribution in [0.2, 0.25) is 0 Å². The number of guanidine groups is 1. The number of nitrogens with zero attached hydrogens (tertiary/aromatic N) is 3. The highest BCUT2D eigenvalue weighted by molar-refractivity contribution is 14.0. The van der Waals surface area contributed by atoms with Crippen molar-refractivity contribution in [3.8, 4) is 0 Å². The lowest BCUT2D eigenvalue weighted by molar-refractivity contribution is 0.0529. The molecule has 1 fully saturated rings. The first-order valence-electron chi connectivity index (χ1n) is 10.7. The zero-order valence-electron chi connectivity index (χ0n) is 18.3. The van der Waals surface area contributed by atoms with E-state index in [-0.39, 0.29) is 42.6 Å². The van der Waals surface area contributed by atoms with Gasteiger partial charge in [-0.15, -0.1) is 24.0 Å². The van der Waals surface area contributed by atoms with Gasteiger partial charge in [0.1, 0.15) is 5.82 Å². The molecule has 0 amide bonds. The number of ether oxygens (including phenoxy) is 1. The first-order valence-corrected chi connectivity index (χ1v) is 10.7. The van der Waals surface area contributed by atoms with Crippen molar-refractivity contribution in [1.29, 1.82) is 0 Å². The van der Waals surface area contributed by atoms with E-state index in [1.165, 1.54) is 0 Å². The summed E-state index contributed by atoms with van der Waals surface area (Å²) in [5.74, 6) is 1.73. The van der Waals surface area contributed by atoms with Crippen molar-refractivity contribution < 1.29 is 9.84 Å². The summed E-state index contributed by atoms with van der Waals surface area (Å²) < 4.78 is 5.63. The van der Waals surface area contributed by atoms with Crippen LogP contribution in [-0.2, 0) is 11.3 Å². The summed E-state index contributed by atoms with van der Waals surface area (Å²) in [5.41, 5.74) is 2.22. The molecule has 1 aliphatic heterocycles. The molecule has 2 atom stereocenters. The Morgan fingerprint density at radius 2 is 2.10 bits per heavy atom. The Labute approximate surface area is 202 Å². The van der Waals surface area contributed by atoms with Gasteiger partial charge >= 0.3 is 0 Å². The maximum absolute atomic E-state index is 9.78. The summed E-state index contributed by atoms with van der Waals surface area (Å²) in [5, 5.41) is 16.4. The van der Waals surface area contributed by atoms with E-state index in [9.17, 15) is 5.11 Å². The van der Waals surface area contributed by atoms with Gasteiger partial charge in [0.15, 0.2) is 5.96 Å². The molecular weight excluding hydrogens is 505 g/mol. The number of morpholine rings is 1. The minimum atomic E-state index is 0. The van der Waals surface area contributed by atoms with Crippen LogP contribution in [0, 0.1) is 0 Å². The van der Waals surface area contributed by atoms with Crippen LogP contribution in [-0.4, -0.2) is 61.5 Å². The van der Waals surface area contributed by atoms with Crippen LogP contribution in [0.4, 0.5) is 5.82 Å². The van der Waals surface area contributed by atoms with E-state index < -0.39 is 0 Å². The lowest BCUT2D eigenvalue weighted by Crippen LogP contribution is -2.41. The van der Waals surface area contributed by atoms with Crippen LogP contribution in [0.1, 0.15) is 30.9 Å². The number of halogens is 1. The number of aliphatic hydroxyl groups excluding tert-OH is 1. The zero-order chi connectivity index (χ0) is 21.2. The molecule has 2 unspecified atom stereocenters. The monoisotopic (exact) mass is 539 g/mol. The van der Waals surface area contributed by atoms with Crippen LogP contribution < -0.4 is 15.5 Å². The minimum absolute atomic E-state index is 0. The second-order valence-corrected chi connectivity index (χ2v) is 7.52. The Hall–Kier alpha value is -1.91. The van der Waals surface area contributed by atoms with Crippen molar-refractivity contribution in [3.63, 3.8) is 0 Å². The number of hydrogen-bond acceptors (Lipinski definition) is 5. The molecule has 1 saturated heterocycles. The molecule has 3 N–H and O–H groups in total. The molecular formula is C23H34IN5O2. The Balaban J connectivity index is 0.00000341. The Kier molecular flexibility index (Phi) is 11.0. The third-order valence-electron chi connectivity index (χ3n) is 5.15. The molecule has 31 heavy (non-hydrogen) atoms. The standard InChI is InChI=1S/C23H33N5O2.HI/c1-3-24-23(27-15-21(17-29)20-7-5-4-6-8-20)26-14-19-9-10-25-22(13-19)28-11-12-30-18(2)16-28;/h4-10,13,18,21,29H,3,11-12,14-17H2,1-2H3,(H2,24,26,27);1H. The van der Waals surface area contributed by atoms with Crippen molar-refractivity contribution in [3.05, 3.63) is 59.8 Å². The van der Waals surface area contributed by atoms with E-state index in [1.54, 1.807) is 0 Å². The van der Waals surface area contributed by atoms with Gasteiger partial charge in [0.25, 0.3) is 0 Å². The van der Waals surface area contributed by atoms with Crippen molar-refractivity contribution in [2.75, 3.05) is 44.3 Å². The van der Waals surface area contributed by atoms with E-state index in [4.69, 9.17) is 9.73 Å². The number of aliphatic hydroxyl groups is 1. The number of hydrogen-bond donors (Lipinski definition) is 3. The van der Waals surface area contributed by atoms with Crippen LogP contribution in [0.3, 0.4) is 0 Å². The number of nitrogens with one attached hydrogen (secondary N) is 2. The first-order chi connectivity index (χ1) is 14.7. The molecule has 0 spiro atoms. The predicted molar refractivity (Wildman–Crippen MR) is 136 cm³/mol. The van der Waals surface area contributed by atoms with Crippen molar-refractivity contribution in [2.24, 2.45) is 4.99 Å². The number of aromatic nitrogens is 1. The predicted octanol–water partition coefficient (Wildman–Crippen LogP) is 2.76. The summed E-state index contributed by atoms with van der Waals surface area (Å²) in [6.45, 7) is 8.59. The van der Waals surface area contributed by atoms with Crippen LogP contribution in [0.25, 0.3) is 0 Å². The Morgan fingerprint density at radius 1 is 1.29 bits per heavy atom. The highest BCUT2D eigenvalue weighted by Crippen LogP contribution is 2.17. The fraction of sp³-hybridized carbons (Fsp3) is 0.478. The topological polar surface area (TPSA) is 82.0 Å². The summed E-state index contributed by atoms with van der Waals surface area (Å²) in [7, 11) is 0. The SMILES string of the molecule is CCNC(=NCc1ccnc(N2CCOC(C)C2)c1)NCC(CO)c1ccccc1.I. The average Bonchev–Trinajstić information content (AvgIpc) is 2.78. The quantitative estimate of drug-likeness (QED) is 0.272. The van der Waals surface area contributed by atoms with Crippen molar-refractivity contribution in [1.82, 2.24) is 15.6 Å². The van der Waals surface area contributed by atoms with Gasteiger partial charge in [0.05, 0.1) is 25.9 Å². The zero-order valence-corrected chi connectivity index (χ0v) is 20.7.